The smallest absolute Gasteiger partial charge is 0.293 e. The van der Waals surface area contributed by atoms with Crippen LogP contribution in [0.2, 0.25) is 0 Å². The fourth-order valence-electron chi connectivity index (χ4n) is 4.18. The Bertz CT molecular complexity index is 1000. The number of alkyl halides is 1. The standard InChI is InChI=1S/C31H37FO3/c1-2-3-4-5-6-7-14-19-28(32)22-23-34-35-31(33)27-20-21-29(25-15-10-8-11-16-25)30(24-27)26-17-12-9-13-18-26/h8-13,15-18,20-21,24,28H,2-7,14,19,22-23H2,1H3. The fraction of sp³-hybridized carbons (Fsp3) is 0.387. The lowest BCUT2D eigenvalue weighted by atomic mass is 9.93. The molecular weight excluding hydrogens is 439 g/mol. The third-order valence-corrected chi connectivity index (χ3v) is 6.19. The molecule has 0 fully saturated rings. The number of halogens is 1. The van der Waals surface area contributed by atoms with E-state index < -0.39 is 12.1 Å². The van der Waals surface area contributed by atoms with Gasteiger partial charge in [-0.3, -0.25) is 4.89 Å². The van der Waals surface area contributed by atoms with Crippen molar-refractivity contribution in [2.75, 3.05) is 6.61 Å². The summed E-state index contributed by atoms with van der Waals surface area (Å²) in [5.74, 6) is -0.579. The van der Waals surface area contributed by atoms with E-state index in [0.717, 1.165) is 35.1 Å². The molecule has 186 valence electrons. The summed E-state index contributed by atoms with van der Waals surface area (Å²) in [5, 5.41) is 0. The van der Waals surface area contributed by atoms with Gasteiger partial charge in [-0.25, -0.2) is 9.18 Å². The zero-order valence-corrected chi connectivity index (χ0v) is 20.8. The first-order valence-electron chi connectivity index (χ1n) is 12.9. The van der Waals surface area contributed by atoms with Gasteiger partial charge in [0.25, 0.3) is 0 Å². The Hall–Kier alpha value is -2.98. The van der Waals surface area contributed by atoms with Crippen LogP contribution in [0.15, 0.2) is 78.9 Å². The monoisotopic (exact) mass is 476 g/mol. The van der Waals surface area contributed by atoms with E-state index in [-0.39, 0.29) is 13.0 Å². The van der Waals surface area contributed by atoms with Gasteiger partial charge in [0.05, 0.1) is 12.2 Å². The van der Waals surface area contributed by atoms with Gasteiger partial charge < -0.3 is 0 Å². The zero-order valence-electron chi connectivity index (χ0n) is 20.8. The highest BCUT2D eigenvalue weighted by atomic mass is 19.1. The number of unbranched alkanes of at least 4 members (excludes halogenated alkanes) is 6. The van der Waals surface area contributed by atoms with Crippen LogP contribution in [0.4, 0.5) is 4.39 Å². The van der Waals surface area contributed by atoms with E-state index in [1.54, 1.807) is 6.07 Å². The summed E-state index contributed by atoms with van der Waals surface area (Å²) in [7, 11) is 0. The Balaban J connectivity index is 1.49. The Morgan fingerprint density at radius 2 is 1.34 bits per heavy atom. The first-order valence-corrected chi connectivity index (χ1v) is 12.9. The second-order valence-corrected chi connectivity index (χ2v) is 8.98. The molecule has 0 heterocycles. The van der Waals surface area contributed by atoms with Crippen LogP contribution in [-0.2, 0) is 9.78 Å². The van der Waals surface area contributed by atoms with Gasteiger partial charge in [0.1, 0.15) is 6.17 Å². The molecular formula is C31H37FO3. The first-order chi connectivity index (χ1) is 17.2. The molecule has 0 aliphatic rings. The second-order valence-electron chi connectivity index (χ2n) is 8.98. The second kappa shape index (κ2) is 15.1. The lowest BCUT2D eigenvalue weighted by molar-refractivity contribution is -0.243. The molecule has 0 aliphatic heterocycles. The first kappa shape index (κ1) is 26.6. The molecule has 3 aromatic rings. The molecule has 3 rings (SSSR count). The van der Waals surface area contributed by atoms with Gasteiger partial charge in [-0.05, 0) is 40.8 Å². The van der Waals surface area contributed by atoms with E-state index in [1.165, 1.54) is 32.1 Å². The number of rotatable bonds is 15. The number of hydrogen-bond acceptors (Lipinski definition) is 3. The molecule has 0 spiro atoms. The van der Waals surface area contributed by atoms with Crippen molar-refractivity contribution in [1.82, 2.24) is 0 Å². The third kappa shape index (κ3) is 8.95. The van der Waals surface area contributed by atoms with Crippen LogP contribution < -0.4 is 0 Å². The highest BCUT2D eigenvalue weighted by Gasteiger charge is 2.15. The van der Waals surface area contributed by atoms with Gasteiger partial charge in [0.2, 0.25) is 0 Å². The molecule has 0 N–H and O–H groups in total. The van der Waals surface area contributed by atoms with Gasteiger partial charge >= 0.3 is 5.97 Å². The van der Waals surface area contributed by atoms with Crippen LogP contribution in [0, 0.1) is 0 Å². The molecule has 0 radical (unpaired) electrons. The summed E-state index contributed by atoms with van der Waals surface area (Å²) >= 11 is 0. The van der Waals surface area contributed by atoms with Crippen molar-refractivity contribution < 1.29 is 19.0 Å². The van der Waals surface area contributed by atoms with Gasteiger partial charge in [-0.15, -0.1) is 0 Å². The maximum absolute atomic E-state index is 14.1. The normalized spacial score (nSPS) is 11.8. The lowest BCUT2D eigenvalue weighted by Gasteiger charge is -2.12. The summed E-state index contributed by atoms with van der Waals surface area (Å²) in [6, 6.07) is 25.5. The summed E-state index contributed by atoms with van der Waals surface area (Å²) in [4.78, 5) is 22.7. The Morgan fingerprint density at radius 3 is 2.00 bits per heavy atom. The summed E-state index contributed by atoms with van der Waals surface area (Å²) in [6.45, 7) is 2.26. The van der Waals surface area contributed by atoms with Crippen LogP contribution in [0.25, 0.3) is 22.3 Å². The number of carbonyl (C=O) groups excluding carboxylic acids is 1. The van der Waals surface area contributed by atoms with Gasteiger partial charge in [-0.1, -0.05) is 119 Å². The number of hydrogen-bond donors (Lipinski definition) is 0. The van der Waals surface area contributed by atoms with E-state index in [9.17, 15) is 9.18 Å². The largest absolute Gasteiger partial charge is 0.373 e. The van der Waals surface area contributed by atoms with E-state index in [1.807, 2.05) is 72.8 Å². The predicted molar refractivity (Wildman–Crippen MR) is 141 cm³/mol. The minimum Gasteiger partial charge on any atom is -0.293 e. The fourth-order valence-corrected chi connectivity index (χ4v) is 4.18. The predicted octanol–water partition coefficient (Wildman–Crippen LogP) is 8.98. The Kier molecular flexibility index (Phi) is 11.5. The Morgan fingerprint density at radius 1 is 0.743 bits per heavy atom. The Labute approximate surface area is 209 Å². The molecule has 4 heteroatoms. The molecule has 1 atom stereocenters. The molecule has 0 aromatic heterocycles. The zero-order chi connectivity index (χ0) is 24.7. The highest BCUT2D eigenvalue weighted by molar-refractivity contribution is 5.94. The molecule has 0 bridgehead atoms. The molecule has 3 aromatic carbocycles. The minimum absolute atomic E-state index is 0.0526. The van der Waals surface area contributed by atoms with Crippen molar-refractivity contribution in [3.63, 3.8) is 0 Å². The van der Waals surface area contributed by atoms with E-state index in [0.29, 0.717) is 12.0 Å². The summed E-state index contributed by atoms with van der Waals surface area (Å²) in [5.41, 5.74) is 4.43. The average Bonchev–Trinajstić information content (AvgIpc) is 2.91. The van der Waals surface area contributed by atoms with Crippen molar-refractivity contribution >= 4 is 5.97 Å². The molecule has 0 amide bonds. The summed E-state index contributed by atoms with van der Waals surface area (Å²) < 4.78 is 14.1. The van der Waals surface area contributed by atoms with Crippen LogP contribution in [0.1, 0.15) is 75.1 Å². The van der Waals surface area contributed by atoms with E-state index in [4.69, 9.17) is 9.78 Å². The van der Waals surface area contributed by atoms with Crippen molar-refractivity contribution in [2.24, 2.45) is 0 Å². The SMILES string of the molecule is CCCCCCCCCC(F)CCOOC(=O)c1ccc(-c2ccccc2)c(-c2ccccc2)c1. The quantitative estimate of drug-likeness (QED) is 0.125. The van der Waals surface area contributed by atoms with Crippen molar-refractivity contribution in [3.05, 3.63) is 84.4 Å². The van der Waals surface area contributed by atoms with Crippen molar-refractivity contribution in [2.45, 2.75) is 70.9 Å². The van der Waals surface area contributed by atoms with Crippen molar-refractivity contribution in [3.8, 4) is 22.3 Å². The summed E-state index contributed by atoms with van der Waals surface area (Å²) in [6.07, 6.45) is 8.01. The minimum atomic E-state index is -0.931. The molecule has 3 nitrogen and oxygen atoms in total. The van der Waals surface area contributed by atoms with Gasteiger partial charge in [0.15, 0.2) is 0 Å². The molecule has 35 heavy (non-hydrogen) atoms. The number of carbonyl (C=O) groups is 1. The van der Waals surface area contributed by atoms with Gasteiger partial charge in [0, 0.05) is 6.42 Å². The van der Waals surface area contributed by atoms with Crippen LogP contribution >= 0.6 is 0 Å². The molecule has 0 aliphatic carbocycles. The highest BCUT2D eigenvalue weighted by Crippen LogP contribution is 2.33. The van der Waals surface area contributed by atoms with Gasteiger partial charge in [-0.2, -0.15) is 4.89 Å². The van der Waals surface area contributed by atoms with Crippen LogP contribution in [0.5, 0.6) is 0 Å². The van der Waals surface area contributed by atoms with Crippen LogP contribution in [0.3, 0.4) is 0 Å². The van der Waals surface area contributed by atoms with Crippen LogP contribution in [-0.4, -0.2) is 18.7 Å². The maximum Gasteiger partial charge on any atom is 0.373 e. The topological polar surface area (TPSA) is 35.5 Å². The average molecular weight is 477 g/mol. The van der Waals surface area contributed by atoms with Crippen molar-refractivity contribution in [1.29, 1.82) is 0 Å². The van der Waals surface area contributed by atoms with E-state index >= 15 is 0 Å². The lowest BCUT2D eigenvalue weighted by Crippen LogP contribution is -2.10. The van der Waals surface area contributed by atoms with E-state index in [2.05, 4.69) is 6.92 Å². The molecule has 0 saturated heterocycles. The number of benzene rings is 3. The molecule has 0 saturated carbocycles. The maximum atomic E-state index is 14.1. The molecule has 1 unspecified atom stereocenters. The third-order valence-electron chi connectivity index (χ3n) is 6.19.